The van der Waals surface area contributed by atoms with E-state index in [0.717, 1.165) is 27.6 Å². The summed E-state index contributed by atoms with van der Waals surface area (Å²) >= 11 is 0. The Bertz CT molecular complexity index is 1810. The van der Waals surface area contributed by atoms with Gasteiger partial charge in [0, 0.05) is 37.1 Å². The van der Waals surface area contributed by atoms with Gasteiger partial charge in [-0.1, -0.05) is 30.3 Å². The van der Waals surface area contributed by atoms with Crippen LogP contribution in [0.1, 0.15) is 23.1 Å². The highest BCUT2D eigenvalue weighted by atomic mass is 32.2. The Balaban J connectivity index is 1.42. The molecule has 0 saturated carbocycles. The first kappa shape index (κ1) is 26.6. The molecule has 1 aliphatic rings. The van der Waals surface area contributed by atoms with Gasteiger partial charge in [0.15, 0.2) is 0 Å². The fourth-order valence-electron chi connectivity index (χ4n) is 5.65. The molecule has 0 N–H and O–H groups in total. The highest BCUT2D eigenvalue weighted by Gasteiger charge is 2.45. The summed E-state index contributed by atoms with van der Waals surface area (Å²) in [5.41, 5.74) is 4.32. The average Bonchev–Trinajstić information content (AvgIpc) is 3.70. The quantitative estimate of drug-likeness (QED) is 0.286. The second-order valence-corrected chi connectivity index (χ2v) is 12.4. The topological polar surface area (TPSA) is 104 Å². The standard InChI is InChI=1S/C26H25B3N8O2S/c1-18-10-23-20(13-32-37(23)21-14-31-36(16-21)26(27,28)29)11-22(18)25(12-19-6-4-3-5-7-19)8-9-35(17-25)40(38,39)24-15-30-34(2)33-24/h3-7,10-11,13-16H,8-9,12,17H2,1-2H3. The first-order chi connectivity index (χ1) is 19.0. The summed E-state index contributed by atoms with van der Waals surface area (Å²) in [5, 5.41) is 16.0. The zero-order valence-electron chi connectivity index (χ0n) is 22.2. The van der Waals surface area contributed by atoms with Crippen molar-refractivity contribution in [3.63, 3.8) is 0 Å². The van der Waals surface area contributed by atoms with Crippen molar-refractivity contribution in [1.82, 2.24) is 38.9 Å². The van der Waals surface area contributed by atoms with Crippen LogP contribution in [0.15, 0.2) is 72.3 Å². The summed E-state index contributed by atoms with van der Waals surface area (Å²) in [6.45, 7) is 2.74. The molecule has 196 valence electrons. The van der Waals surface area contributed by atoms with Gasteiger partial charge in [0.05, 0.1) is 47.6 Å². The first-order valence-corrected chi connectivity index (χ1v) is 14.2. The molecule has 3 aromatic heterocycles. The van der Waals surface area contributed by atoms with Crippen molar-refractivity contribution in [1.29, 1.82) is 0 Å². The summed E-state index contributed by atoms with van der Waals surface area (Å²) < 4.78 is 31.6. The van der Waals surface area contributed by atoms with Gasteiger partial charge in [0.25, 0.3) is 10.0 Å². The Morgan fingerprint density at radius 1 is 1.02 bits per heavy atom. The third-order valence-electron chi connectivity index (χ3n) is 7.58. The van der Waals surface area contributed by atoms with E-state index < -0.39 is 20.7 Å². The van der Waals surface area contributed by atoms with Crippen LogP contribution in [0.3, 0.4) is 0 Å². The SMILES string of the molecule is [B]C([B])([B])n1cc(-n2ncc3cc(C4(Cc5ccccc5)CCN(S(=O)(=O)c5cnn(C)n5)C4)c(C)cc32)cn1. The number of benzene rings is 2. The fourth-order valence-corrected chi connectivity index (χ4v) is 7.07. The summed E-state index contributed by atoms with van der Waals surface area (Å²) in [5.74, 6) is 0. The molecule has 14 heteroatoms. The van der Waals surface area contributed by atoms with Crippen LogP contribution in [-0.4, -0.2) is 83.9 Å². The zero-order chi connectivity index (χ0) is 28.3. The zero-order valence-corrected chi connectivity index (χ0v) is 23.0. The average molecular weight is 546 g/mol. The molecule has 4 heterocycles. The largest absolute Gasteiger partial charge is 0.290 e. The molecule has 40 heavy (non-hydrogen) atoms. The number of aromatic nitrogens is 7. The fraction of sp³-hybridized carbons (Fsp3) is 0.308. The van der Waals surface area contributed by atoms with E-state index >= 15 is 0 Å². The molecule has 6 rings (SSSR count). The third kappa shape index (κ3) is 4.58. The molecule has 2 aromatic carbocycles. The molecule has 0 aliphatic carbocycles. The van der Waals surface area contributed by atoms with Crippen molar-refractivity contribution >= 4 is 44.5 Å². The molecular formula is C26H25B3N8O2S. The lowest BCUT2D eigenvalue weighted by molar-refractivity contribution is 0.412. The van der Waals surface area contributed by atoms with Gasteiger partial charge in [0.1, 0.15) is 5.69 Å². The maximum Gasteiger partial charge on any atom is 0.264 e. The van der Waals surface area contributed by atoms with Crippen molar-refractivity contribution in [2.45, 2.75) is 35.4 Å². The van der Waals surface area contributed by atoms with E-state index in [1.54, 1.807) is 30.3 Å². The van der Waals surface area contributed by atoms with Crippen LogP contribution in [0.25, 0.3) is 16.6 Å². The van der Waals surface area contributed by atoms with Crippen LogP contribution < -0.4 is 0 Å². The maximum absolute atomic E-state index is 13.5. The Hall–Kier alpha value is -3.64. The smallest absolute Gasteiger partial charge is 0.264 e. The lowest BCUT2D eigenvalue weighted by atomic mass is 9.49. The van der Waals surface area contributed by atoms with E-state index in [-0.39, 0.29) is 5.03 Å². The van der Waals surface area contributed by atoms with Crippen molar-refractivity contribution in [2.75, 3.05) is 13.1 Å². The minimum atomic E-state index is -3.80. The highest BCUT2D eigenvalue weighted by molar-refractivity contribution is 7.89. The van der Waals surface area contributed by atoms with E-state index in [2.05, 4.69) is 44.7 Å². The normalized spacial score (nSPS) is 18.6. The minimum absolute atomic E-state index is 0.0454. The number of sulfonamides is 1. The molecule has 0 amide bonds. The van der Waals surface area contributed by atoms with Crippen LogP contribution in [0.5, 0.6) is 0 Å². The molecule has 1 saturated heterocycles. The highest BCUT2D eigenvalue weighted by Crippen LogP contribution is 2.42. The predicted octanol–water partition coefficient (Wildman–Crippen LogP) is 1.31. The van der Waals surface area contributed by atoms with Crippen LogP contribution >= 0.6 is 0 Å². The summed E-state index contributed by atoms with van der Waals surface area (Å²) in [6, 6.07) is 14.3. The number of hydrogen-bond donors (Lipinski definition) is 0. The molecule has 1 aliphatic heterocycles. The minimum Gasteiger partial charge on any atom is -0.290 e. The van der Waals surface area contributed by atoms with Gasteiger partial charge in [-0.2, -0.15) is 24.4 Å². The lowest BCUT2D eigenvalue weighted by Gasteiger charge is -2.32. The van der Waals surface area contributed by atoms with Crippen LogP contribution in [-0.2, 0) is 34.1 Å². The number of nitrogens with zero attached hydrogens (tertiary/aromatic N) is 8. The van der Waals surface area contributed by atoms with Crippen molar-refractivity contribution in [2.24, 2.45) is 7.05 Å². The van der Waals surface area contributed by atoms with Crippen LogP contribution in [0.2, 0.25) is 0 Å². The van der Waals surface area contributed by atoms with Crippen LogP contribution in [0.4, 0.5) is 0 Å². The van der Waals surface area contributed by atoms with Gasteiger partial charge in [0.2, 0.25) is 5.03 Å². The van der Waals surface area contributed by atoms with Crippen molar-refractivity contribution < 1.29 is 8.42 Å². The molecule has 10 nitrogen and oxygen atoms in total. The van der Waals surface area contributed by atoms with E-state index in [9.17, 15) is 8.42 Å². The molecular weight excluding hydrogens is 521 g/mol. The molecule has 0 spiro atoms. The van der Waals surface area contributed by atoms with Gasteiger partial charge >= 0.3 is 0 Å². The van der Waals surface area contributed by atoms with E-state index in [1.807, 2.05) is 25.1 Å². The second-order valence-electron chi connectivity index (χ2n) is 10.5. The first-order valence-electron chi connectivity index (χ1n) is 12.8. The van der Waals surface area contributed by atoms with E-state index in [0.29, 0.717) is 31.6 Å². The van der Waals surface area contributed by atoms with Gasteiger partial charge in [-0.15, -0.1) is 5.10 Å². The van der Waals surface area contributed by atoms with Gasteiger partial charge in [-0.25, -0.2) is 13.1 Å². The number of fused-ring (bicyclic) bond motifs is 1. The van der Waals surface area contributed by atoms with Crippen molar-refractivity contribution in [3.8, 4) is 5.69 Å². The second kappa shape index (κ2) is 9.48. The third-order valence-corrected chi connectivity index (χ3v) is 9.29. The van der Waals surface area contributed by atoms with E-state index in [1.165, 1.54) is 20.0 Å². The molecule has 1 unspecified atom stereocenters. The van der Waals surface area contributed by atoms with Gasteiger partial charge in [-0.3, -0.25) is 4.68 Å². The van der Waals surface area contributed by atoms with E-state index in [4.69, 9.17) is 23.5 Å². The Morgan fingerprint density at radius 2 is 1.80 bits per heavy atom. The van der Waals surface area contributed by atoms with Gasteiger partial charge < -0.3 is 0 Å². The lowest BCUT2D eigenvalue weighted by Crippen LogP contribution is -2.36. The summed E-state index contributed by atoms with van der Waals surface area (Å²) in [6.07, 6.45) is 7.65. The molecule has 5 aromatic rings. The molecule has 6 radical (unpaired) electrons. The Labute approximate surface area is 236 Å². The summed E-state index contributed by atoms with van der Waals surface area (Å²) in [4.78, 5) is 1.26. The maximum atomic E-state index is 13.5. The predicted molar refractivity (Wildman–Crippen MR) is 153 cm³/mol. The number of aryl methyl sites for hydroxylation is 2. The Morgan fingerprint density at radius 3 is 2.48 bits per heavy atom. The molecule has 1 atom stereocenters. The van der Waals surface area contributed by atoms with Gasteiger partial charge in [-0.05, 0) is 53.8 Å². The molecule has 0 bridgehead atoms. The summed E-state index contributed by atoms with van der Waals surface area (Å²) in [7, 11) is 15.1. The molecule has 1 fully saturated rings. The number of rotatable bonds is 7. The Kier molecular flexibility index (Phi) is 6.30. The monoisotopic (exact) mass is 546 g/mol. The van der Waals surface area contributed by atoms with Crippen molar-refractivity contribution in [3.05, 3.63) is 83.9 Å². The number of hydrogen-bond acceptors (Lipinski definition) is 6. The van der Waals surface area contributed by atoms with Crippen LogP contribution in [0, 0.1) is 6.92 Å².